The zero-order chi connectivity index (χ0) is 21.5. The number of aromatic nitrogens is 1. The van der Waals surface area contributed by atoms with Crippen LogP contribution in [0.4, 0.5) is 5.69 Å². The smallest absolute Gasteiger partial charge is 0.325 e. The van der Waals surface area contributed by atoms with Gasteiger partial charge in [0.2, 0.25) is 5.88 Å². The molecule has 0 saturated heterocycles. The van der Waals surface area contributed by atoms with Gasteiger partial charge >= 0.3 is 11.9 Å². The number of carbonyl (C=O) groups is 2. The van der Waals surface area contributed by atoms with Crippen LogP contribution in [-0.4, -0.2) is 41.9 Å². The highest BCUT2D eigenvalue weighted by molar-refractivity contribution is 5.96. The molecule has 156 valence electrons. The summed E-state index contributed by atoms with van der Waals surface area (Å²) in [5.74, 6) is -0.262. The van der Waals surface area contributed by atoms with Crippen LogP contribution in [0.3, 0.4) is 0 Å². The average Bonchev–Trinajstić information content (AvgIpc) is 3.03. The number of nitrogens with zero attached hydrogens (tertiary/aromatic N) is 3. The van der Waals surface area contributed by atoms with Crippen molar-refractivity contribution in [3.05, 3.63) is 48.5 Å². The minimum absolute atomic E-state index is 0.0870. The van der Waals surface area contributed by atoms with E-state index >= 15 is 0 Å². The molecule has 0 saturated carbocycles. The number of hydrogen-bond acceptors (Lipinski definition) is 7. The fraction of sp³-hybridized carbons (Fsp3) is 0.238. The van der Waals surface area contributed by atoms with Crippen molar-refractivity contribution in [1.29, 1.82) is 0 Å². The van der Waals surface area contributed by atoms with Gasteiger partial charge in [0.25, 0.3) is 0 Å². The number of benzene rings is 2. The predicted molar refractivity (Wildman–Crippen MR) is 108 cm³/mol. The van der Waals surface area contributed by atoms with Crippen LogP contribution in [0.1, 0.15) is 6.92 Å². The van der Waals surface area contributed by atoms with Gasteiger partial charge in [-0.15, -0.1) is 10.2 Å². The summed E-state index contributed by atoms with van der Waals surface area (Å²) in [5, 5.41) is 18.6. The molecule has 9 nitrogen and oxygen atoms in total. The van der Waals surface area contributed by atoms with E-state index in [-0.39, 0.29) is 24.7 Å². The molecule has 0 unspecified atom stereocenters. The van der Waals surface area contributed by atoms with Gasteiger partial charge in [0.1, 0.15) is 18.0 Å². The molecule has 0 fully saturated rings. The summed E-state index contributed by atoms with van der Waals surface area (Å²) < 4.78 is 16.7. The number of ether oxygens (including phenoxy) is 3. The number of carbonyl (C=O) groups excluding carboxylic acids is 2. The van der Waals surface area contributed by atoms with Crippen molar-refractivity contribution in [2.24, 2.45) is 10.2 Å². The molecule has 1 heterocycles. The number of azo groups is 1. The van der Waals surface area contributed by atoms with Crippen molar-refractivity contribution in [3.63, 3.8) is 0 Å². The summed E-state index contributed by atoms with van der Waals surface area (Å²) in [6.07, 6.45) is 0. The molecule has 0 aliphatic rings. The van der Waals surface area contributed by atoms with E-state index < -0.39 is 11.9 Å². The fourth-order valence-electron chi connectivity index (χ4n) is 2.80. The second kappa shape index (κ2) is 9.55. The van der Waals surface area contributed by atoms with Crippen LogP contribution < -0.4 is 9.47 Å². The Morgan fingerprint density at radius 2 is 1.70 bits per heavy atom. The van der Waals surface area contributed by atoms with E-state index in [1.807, 2.05) is 6.92 Å². The SMILES string of the molecule is CCOc1ccc(OCC(=O)N=Nc2c(O)n(CC(=O)OC)c3ccccc23)cc1. The molecule has 0 atom stereocenters. The number of aromatic hydroxyl groups is 1. The van der Waals surface area contributed by atoms with Gasteiger partial charge in [-0.3, -0.25) is 14.2 Å². The molecular formula is C21H21N3O6. The second-order valence-electron chi connectivity index (χ2n) is 6.14. The van der Waals surface area contributed by atoms with Crippen LogP contribution >= 0.6 is 0 Å². The van der Waals surface area contributed by atoms with Crippen LogP contribution in [0.2, 0.25) is 0 Å². The number of hydrogen-bond donors (Lipinski definition) is 1. The monoisotopic (exact) mass is 411 g/mol. The number of methoxy groups -OCH3 is 1. The molecule has 3 aromatic rings. The molecule has 0 radical (unpaired) electrons. The average molecular weight is 411 g/mol. The molecule has 30 heavy (non-hydrogen) atoms. The molecule has 1 N–H and O–H groups in total. The van der Waals surface area contributed by atoms with Gasteiger partial charge in [-0.25, -0.2) is 0 Å². The highest BCUT2D eigenvalue weighted by Crippen LogP contribution is 2.38. The molecule has 0 aliphatic heterocycles. The van der Waals surface area contributed by atoms with E-state index in [4.69, 9.17) is 9.47 Å². The lowest BCUT2D eigenvalue weighted by Gasteiger charge is -2.05. The molecule has 1 amide bonds. The first-order valence-corrected chi connectivity index (χ1v) is 9.20. The summed E-state index contributed by atoms with van der Waals surface area (Å²) in [6.45, 7) is 1.92. The lowest BCUT2D eigenvalue weighted by Crippen LogP contribution is -2.10. The van der Waals surface area contributed by atoms with Crippen LogP contribution in [-0.2, 0) is 20.9 Å². The van der Waals surface area contributed by atoms with Gasteiger partial charge in [-0.05, 0) is 37.3 Å². The van der Waals surface area contributed by atoms with Crippen molar-refractivity contribution < 1.29 is 28.9 Å². The highest BCUT2D eigenvalue weighted by Gasteiger charge is 2.18. The standard InChI is InChI=1S/C21H21N3O6/c1-3-29-14-8-10-15(11-9-14)30-13-18(25)22-23-20-16-6-4-5-7-17(16)24(21(20)27)12-19(26)28-2/h4-11,27H,3,12-13H2,1-2H3. The lowest BCUT2D eigenvalue weighted by molar-refractivity contribution is -0.141. The predicted octanol–water partition coefficient (Wildman–Crippen LogP) is 3.61. The Morgan fingerprint density at radius 1 is 1.03 bits per heavy atom. The molecule has 0 spiro atoms. The molecular weight excluding hydrogens is 390 g/mol. The fourth-order valence-corrected chi connectivity index (χ4v) is 2.80. The first-order valence-electron chi connectivity index (χ1n) is 9.20. The zero-order valence-electron chi connectivity index (χ0n) is 16.6. The van der Waals surface area contributed by atoms with Crippen molar-refractivity contribution in [2.45, 2.75) is 13.5 Å². The van der Waals surface area contributed by atoms with Crippen molar-refractivity contribution >= 4 is 28.5 Å². The number of fused-ring (bicyclic) bond motifs is 1. The number of rotatable bonds is 8. The Balaban J connectivity index is 1.72. The number of amides is 1. The first-order chi connectivity index (χ1) is 14.5. The quantitative estimate of drug-likeness (QED) is 0.448. The second-order valence-corrected chi connectivity index (χ2v) is 6.14. The molecule has 3 rings (SSSR count). The Bertz CT molecular complexity index is 1070. The third-order valence-electron chi connectivity index (χ3n) is 4.19. The maximum atomic E-state index is 12.1. The summed E-state index contributed by atoms with van der Waals surface area (Å²) in [5.41, 5.74) is 0.649. The maximum Gasteiger partial charge on any atom is 0.325 e. The Labute approximate surface area is 172 Å². The summed E-state index contributed by atoms with van der Waals surface area (Å²) >= 11 is 0. The van der Waals surface area contributed by atoms with Crippen LogP contribution in [0.15, 0.2) is 58.8 Å². The summed E-state index contributed by atoms with van der Waals surface area (Å²) in [6, 6.07) is 13.8. The van der Waals surface area contributed by atoms with E-state index in [1.165, 1.54) is 11.7 Å². The third-order valence-corrected chi connectivity index (χ3v) is 4.19. The summed E-state index contributed by atoms with van der Waals surface area (Å²) in [7, 11) is 1.26. The first kappa shape index (κ1) is 20.8. The lowest BCUT2D eigenvalue weighted by atomic mass is 10.2. The summed E-state index contributed by atoms with van der Waals surface area (Å²) in [4.78, 5) is 23.7. The molecule has 1 aromatic heterocycles. The minimum atomic E-state index is -0.631. The van der Waals surface area contributed by atoms with Crippen molar-refractivity contribution in [1.82, 2.24) is 4.57 Å². The van der Waals surface area contributed by atoms with Gasteiger partial charge < -0.3 is 19.3 Å². The van der Waals surface area contributed by atoms with E-state index in [0.717, 1.165) is 0 Å². The maximum absolute atomic E-state index is 12.1. The van der Waals surface area contributed by atoms with Gasteiger partial charge in [-0.2, -0.15) is 0 Å². The Morgan fingerprint density at radius 3 is 2.37 bits per heavy atom. The van der Waals surface area contributed by atoms with Gasteiger partial charge in [0.15, 0.2) is 12.3 Å². The van der Waals surface area contributed by atoms with Crippen molar-refractivity contribution in [2.75, 3.05) is 20.3 Å². The van der Waals surface area contributed by atoms with E-state index in [1.54, 1.807) is 48.5 Å². The highest BCUT2D eigenvalue weighted by atomic mass is 16.5. The van der Waals surface area contributed by atoms with Gasteiger partial charge in [0.05, 0.1) is 19.2 Å². The van der Waals surface area contributed by atoms with Crippen LogP contribution in [0.25, 0.3) is 10.9 Å². The number of esters is 1. The Hall–Kier alpha value is -3.88. The molecule has 9 heteroatoms. The van der Waals surface area contributed by atoms with Gasteiger partial charge in [-0.1, -0.05) is 18.2 Å². The van der Waals surface area contributed by atoms with E-state index in [2.05, 4.69) is 15.0 Å². The molecule has 2 aromatic carbocycles. The van der Waals surface area contributed by atoms with Crippen LogP contribution in [0.5, 0.6) is 17.4 Å². The van der Waals surface area contributed by atoms with Crippen molar-refractivity contribution in [3.8, 4) is 17.4 Å². The third kappa shape index (κ3) is 4.75. The number of para-hydroxylation sites is 1. The zero-order valence-corrected chi connectivity index (χ0v) is 16.6. The Kier molecular flexibility index (Phi) is 6.63. The normalized spacial score (nSPS) is 11.0. The minimum Gasteiger partial charge on any atom is -0.494 e. The van der Waals surface area contributed by atoms with E-state index in [9.17, 15) is 14.7 Å². The van der Waals surface area contributed by atoms with E-state index in [0.29, 0.717) is 29.0 Å². The molecule has 0 aliphatic carbocycles. The topological polar surface area (TPSA) is 112 Å². The molecule has 0 bridgehead atoms. The van der Waals surface area contributed by atoms with Gasteiger partial charge in [0, 0.05) is 5.39 Å². The van der Waals surface area contributed by atoms with Crippen LogP contribution in [0, 0.1) is 0 Å². The largest absolute Gasteiger partial charge is 0.494 e.